The molecule has 1 aromatic heterocycles. The molecule has 0 radical (unpaired) electrons. The zero-order valence-electron chi connectivity index (χ0n) is 18.7. The number of hydrogen-bond acceptors (Lipinski definition) is 2. The Kier molecular flexibility index (Phi) is 5.18. The average Bonchev–Trinajstić information content (AvgIpc) is 3.22. The van der Waals surface area contributed by atoms with Crippen molar-refractivity contribution in [3.63, 3.8) is 0 Å². The van der Waals surface area contributed by atoms with E-state index >= 15 is 0 Å². The molecule has 1 aliphatic carbocycles. The van der Waals surface area contributed by atoms with Gasteiger partial charge in [0.05, 0.1) is 6.67 Å². The summed E-state index contributed by atoms with van der Waals surface area (Å²) in [5.74, 6) is 1.21. The number of likely N-dealkylation sites (tertiary alicyclic amines) is 1. The van der Waals surface area contributed by atoms with Crippen molar-refractivity contribution in [2.45, 2.75) is 31.2 Å². The van der Waals surface area contributed by atoms with E-state index in [1.54, 1.807) is 0 Å². The molecule has 6 rings (SSSR count). The van der Waals surface area contributed by atoms with E-state index < -0.39 is 0 Å². The SMILES string of the molecule is Oc1ccc2c(c1)CCC(c1ccccc1)C2c1ccc2[nH]c(CN3CC(CF)C3)cc2c1. The molecule has 2 N–H and O–H groups in total. The number of nitrogens with zero attached hydrogens (tertiary/aromatic N) is 1. The summed E-state index contributed by atoms with van der Waals surface area (Å²) in [5.41, 5.74) is 7.59. The van der Waals surface area contributed by atoms with Gasteiger partial charge in [0.2, 0.25) is 0 Å². The van der Waals surface area contributed by atoms with Gasteiger partial charge in [-0.3, -0.25) is 9.29 Å². The number of aryl methyl sites for hydroxylation is 1. The van der Waals surface area contributed by atoms with Gasteiger partial charge >= 0.3 is 0 Å². The number of fused-ring (bicyclic) bond motifs is 2. The minimum atomic E-state index is -0.213. The minimum Gasteiger partial charge on any atom is -0.508 e. The third-order valence-electron chi connectivity index (χ3n) is 7.52. The molecule has 1 aliphatic heterocycles. The van der Waals surface area contributed by atoms with Crippen LogP contribution in [-0.2, 0) is 13.0 Å². The molecule has 4 heteroatoms. The maximum atomic E-state index is 12.8. The van der Waals surface area contributed by atoms with Gasteiger partial charge in [-0.05, 0) is 76.7 Å². The summed E-state index contributed by atoms with van der Waals surface area (Å²) in [5, 5.41) is 11.3. The molecule has 1 saturated heterocycles. The number of phenols is 1. The highest BCUT2D eigenvalue weighted by Gasteiger charge is 2.32. The van der Waals surface area contributed by atoms with E-state index in [2.05, 4.69) is 70.5 Å². The van der Waals surface area contributed by atoms with Gasteiger partial charge < -0.3 is 10.1 Å². The number of alkyl halides is 1. The second-order valence-corrected chi connectivity index (χ2v) is 9.77. The molecule has 2 aliphatic rings. The topological polar surface area (TPSA) is 39.3 Å². The molecule has 0 saturated carbocycles. The molecule has 0 spiro atoms. The fourth-order valence-corrected chi connectivity index (χ4v) is 5.91. The summed E-state index contributed by atoms with van der Waals surface area (Å²) in [7, 11) is 0. The number of aromatic hydroxyl groups is 1. The highest BCUT2D eigenvalue weighted by atomic mass is 19.1. The van der Waals surface area contributed by atoms with Crippen LogP contribution in [0.15, 0.2) is 72.8 Å². The summed E-state index contributed by atoms with van der Waals surface area (Å²) in [6.07, 6.45) is 2.04. The molecule has 2 unspecified atom stereocenters. The van der Waals surface area contributed by atoms with Crippen LogP contribution in [0.25, 0.3) is 10.9 Å². The molecule has 2 atom stereocenters. The Balaban J connectivity index is 1.37. The normalized spacial score (nSPS) is 21.1. The summed E-state index contributed by atoms with van der Waals surface area (Å²) in [6, 6.07) is 25.7. The summed E-state index contributed by atoms with van der Waals surface area (Å²) >= 11 is 0. The number of aromatic nitrogens is 1. The Morgan fingerprint density at radius 2 is 1.79 bits per heavy atom. The highest BCUT2D eigenvalue weighted by Crippen LogP contribution is 2.47. The minimum absolute atomic E-state index is 0.210. The van der Waals surface area contributed by atoms with E-state index in [1.165, 1.54) is 33.3 Å². The molecule has 3 nitrogen and oxygen atoms in total. The Morgan fingerprint density at radius 3 is 2.61 bits per heavy atom. The number of nitrogens with one attached hydrogen (secondary N) is 1. The molecular weight excluding hydrogens is 411 g/mol. The van der Waals surface area contributed by atoms with Crippen LogP contribution in [0.5, 0.6) is 5.75 Å². The third kappa shape index (κ3) is 3.83. The van der Waals surface area contributed by atoms with Crippen LogP contribution in [0, 0.1) is 5.92 Å². The lowest BCUT2D eigenvalue weighted by Crippen LogP contribution is -2.46. The van der Waals surface area contributed by atoms with Crippen LogP contribution in [0.4, 0.5) is 4.39 Å². The van der Waals surface area contributed by atoms with Crippen molar-refractivity contribution in [3.8, 4) is 5.75 Å². The fourth-order valence-electron chi connectivity index (χ4n) is 5.91. The molecule has 33 heavy (non-hydrogen) atoms. The predicted molar refractivity (Wildman–Crippen MR) is 130 cm³/mol. The zero-order chi connectivity index (χ0) is 22.4. The van der Waals surface area contributed by atoms with Gasteiger partial charge in [-0.15, -0.1) is 0 Å². The first-order chi connectivity index (χ1) is 16.2. The van der Waals surface area contributed by atoms with Crippen molar-refractivity contribution in [2.24, 2.45) is 5.92 Å². The predicted octanol–water partition coefficient (Wildman–Crippen LogP) is 6.14. The number of hydrogen-bond donors (Lipinski definition) is 2. The van der Waals surface area contributed by atoms with Crippen molar-refractivity contribution < 1.29 is 9.50 Å². The number of benzene rings is 3. The first kappa shape index (κ1) is 20.5. The number of phenolic OH excluding ortho intramolecular Hbond substituents is 1. The maximum absolute atomic E-state index is 12.8. The van der Waals surface area contributed by atoms with Crippen LogP contribution in [-0.4, -0.2) is 34.8 Å². The second-order valence-electron chi connectivity index (χ2n) is 9.77. The van der Waals surface area contributed by atoms with Crippen LogP contribution in [0.3, 0.4) is 0 Å². The number of H-pyrrole nitrogens is 1. The van der Waals surface area contributed by atoms with Crippen molar-refractivity contribution >= 4 is 10.9 Å². The smallest absolute Gasteiger partial charge is 0.115 e. The van der Waals surface area contributed by atoms with Crippen LogP contribution in [0.2, 0.25) is 0 Å². The largest absolute Gasteiger partial charge is 0.508 e. The van der Waals surface area contributed by atoms with Crippen LogP contribution >= 0.6 is 0 Å². The average molecular weight is 441 g/mol. The summed E-state index contributed by atoms with van der Waals surface area (Å²) < 4.78 is 12.8. The van der Waals surface area contributed by atoms with Crippen molar-refractivity contribution in [2.75, 3.05) is 19.8 Å². The van der Waals surface area contributed by atoms with E-state index in [-0.39, 0.29) is 18.5 Å². The van der Waals surface area contributed by atoms with Gasteiger partial charge in [-0.25, -0.2) is 0 Å². The monoisotopic (exact) mass is 440 g/mol. The van der Waals surface area contributed by atoms with Crippen molar-refractivity contribution in [1.29, 1.82) is 0 Å². The lowest BCUT2D eigenvalue weighted by atomic mass is 9.69. The van der Waals surface area contributed by atoms with Crippen molar-refractivity contribution in [3.05, 3.63) is 101 Å². The van der Waals surface area contributed by atoms with Gasteiger partial charge in [-0.2, -0.15) is 0 Å². The molecule has 3 aromatic carbocycles. The second kappa shape index (κ2) is 8.35. The fraction of sp³-hybridized carbons (Fsp3) is 0.310. The van der Waals surface area contributed by atoms with E-state index in [9.17, 15) is 9.50 Å². The maximum Gasteiger partial charge on any atom is 0.115 e. The van der Waals surface area contributed by atoms with Gasteiger partial charge in [0.1, 0.15) is 5.75 Å². The standard InChI is InChI=1S/C29H29FN2O/c30-15-19-16-32(17-19)18-24-13-23-12-22(7-11-28(23)31-24)29-26(20-4-2-1-3-5-20)9-6-21-14-25(33)8-10-27(21)29/h1-5,7-8,10-14,19,26,29,31,33H,6,9,15-18H2. The number of aromatic amines is 1. The third-order valence-corrected chi connectivity index (χ3v) is 7.52. The van der Waals surface area contributed by atoms with E-state index in [0.29, 0.717) is 11.7 Å². The zero-order valence-corrected chi connectivity index (χ0v) is 18.7. The number of rotatable bonds is 5. The molecule has 1 fully saturated rings. The van der Waals surface area contributed by atoms with Crippen LogP contribution < -0.4 is 0 Å². The Morgan fingerprint density at radius 1 is 0.939 bits per heavy atom. The highest BCUT2D eigenvalue weighted by molar-refractivity contribution is 5.81. The summed E-state index contributed by atoms with van der Waals surface area (Å²) in [6.45, 7) is 2.33. The lowest BCUT2D eigenvalue weighted by Gasteiger charge is -2.37. The molecular formula is C29H29FN2O. The molecule has 0 bridgehead atoms. The van der Waals surface area contributed by atoms with E-state index in [4.69, 9.17) is 0 Å². The molecule has 168 valence electrons. The van der Waals surface area contributed by atoms with Gasteiger partial charge in [0, 0.05) is 42.7 Å². The molecule has 0 amide bonds. The summed E-state index contributed by atoms with van der Waals surface area (Å²) in [4.78, 5) is 5.86. The van der Waals surface area contributed by atoms with Gasteiger partial charge in [-0.1, -0.05) is 42.5 Å². The van der Waals surface area contributed by atoms with Gasteiger partial charge in [0.25, 0.3) is 0 Å². The molecule has 4 aromatic rings. The Hall–Kier alpha value is -3.11. The van der Waals surface area contributed by atoms with Gasteiger partial charge in [0.15, 0.2) is 0 Å². The van der Waals surface area contributed by atoms with E-state index in [0.717, 1.165) is 38.0 Å². The Bertz CT molecular complexity index is 1280. The first-order valence-electron chi connectivity index (χ1n) is 11.9. The Labute approximate surface area is 193 Å². The van der Waals surface area contributed by atoms with E-state index in [1.807, 2.05) is 12.1 Å². The first-order valence-corrected chi connectivity index (χ1v) is 11.9. The lowest BCUT2D eigenvalue weighted by molar-refractivity contribution is 0.0728. The van der Waals surface area contributed by atoms with Crippen molar-refractivity contribution in [1.82, 2.24) is 9.88 Å². The number of halogens is 1. The quantitative estimate of drug-likeness (QED) is 0.391. The van der Waals surface area contributed by atoms with Crippen LogP contribution in [0.1, 0.15) is 46.2 Å². The molecule has 2 heterocycles.